The summed E-state index contributed by atoms with van der Waals surface area (Å²) in [4.78, 5) is 28.9. The minimum Gasteiger partial charge on any atom is -0.347 e. The minimum atomic E-state index is -0.361. The van der Waals surface area contributed by atoms with Gasteiger partial charge in [-0.05, 0) is 54.4 Å². The number of nitrogens with one attached hydrogen (secondary N) is 2. The Bertz CT molecular complexity index is 1050. The molecule has 0 atom stereocenters. The third-order valence-electron chi connectivity index (χ3n) is 4.23. The first-order valence-electron chi connectivity index (χ1n) is 8.67. The Hall–Kier alpha value is -3.98. The molecule has 0 saturated heterocycles. The van der Waals surface area contributed by atoms with Crippen molar-refractivity contribution in [1.82, 2.24) is 10.3 Å². The monoisotopic (exact) mass is 370 g/mol. The van der Waals surface area contributed by atoms with E-state index >= 15 is 0 Å². The van der Waals surface area contributed by atoms with Crippen LogP contribution in [0.4, 0.5) is 5.69 Å². The van der Waals surface area contributed by atoms with Crippen LogP contribution < -0.4 is 10.6 Å². The number of anilines is 1. The molecule has 0 unspecified atom stereocenters. The van der Waals surface area contributed by atoms with Crippen LogP contribution in [0.25, 0.3) is 0 Å². The van der Waals surface area contributed by atoms with Crippen molar-refractivity contribution in [2.75, 3.05) is 5.32 Å². The molecule has 2 amide bonds. The lowest BCUT2D eigenvalue weighted by molar-refractivity contribution is 0.0946. The van der Waals surface area contributed by atoms with Gasteiger partial charge in [0.1, 0.15) is 5.69 Å². The third-order valence-corrected chi connectivity index (χ3v) is 4.23. The molecular weight excluding hydrogens is 352 g/mol. The number of rotatable bonds is 5. The van der Waals surface area contributed by atoms with Crippen molar-refractivity contribution in [1.29, 1.82) is 5.26 Å². The fraction of sp³-hybridized carbons (Fsp3) is 0.0909. The summed E-state index contributed by atoms with van der Waals surface area (Å²) in [7, 11) is 0. The van der Waals surface area contributed by atoms with Gasteiger partial charge in [0.05, 0.1) is 11.6 Å². The normalized spacial score (nSPS) is 10.0. The molecule has 28 heavy (non-hydrogen) atoms. The van der Waals surface area contributed by atoms with Crippen LogP contribution in [-0.2, 0) is 6.54 Å². The van der Waals surface area contributed by atoms with Crippen LogP contribution in [0.5, 0.6) is 0 Å². The number of carbonyl (C=O) groups is 2. The van der Waals surface area contributed by atoms with Crippen molar-refractivity contribution >= 4 is 17.5 Å². The molecular formula is C22H18N4O2. The summed E-state index contributed by atoms with van der Waals surface area (Å²) in [5.74, 6) is -0.712. The quantitative estimate of drug-likeness (QED) is 0.719. The molecule has 3 rings (SSSR count). The summed E-state index contributed by atoms with van der Waals surface area (Å²) in [5, 5.41) is 14.4. The topological polar surface area (TPSA) is 94.9 Å². The molecule has 0 aliphatic rings. The SMILES string of the molecule is Cc1ccccc1CNC(=O)c1cc(C(=O)Nc2ccc(C#N)cc2)ccn1. The highest BCUT2D eigenvalue weighted by molar-refractivity contribution is 6.05. The molecule has 3 aromatic rings. The van der Waals surface area contributed by atoms with Crippen LogP contribution in [0.15, 0.2) is 66.9 Å². The number of amides is 2. The van der Waals surface area contributed by atoms with Crippen molar-refractivity contribution in [2.24, 2.45) is 0 Å². The van der Waals surface area contributed by atoms with E-state index in [1.54, 1.807) is 24.3 Å². The van der Waals surface area contributed by atoms with Gasteiger partial charge in [-0.25, -0.2) is 0 Å². The molecule has 0 saturated carbocycles. The number of benzene rings is 2. The summed E-state index contributed by atoms with van der Waals surface area (Å²) < 4.78 is 0. The molecule has 0 bridgehead atoms. The lowest BCUT2D eigenvalue weighted by Crippen LogP contribution is -2.24. The van der Waals surface area contributed by atoms with Gasteiger partial charge in [0.25, 0.3) is 11.8 Å². The molecule has 0 spiro atoms. The van der Waals surface area contributed by atoms with E-state index in [4.69, 9.17) is 5.26 Å². The van der Waals surface area contributed by atoms with Crippen molar-refractivity contribution < 1.29 is 9.59 Å². The predicted molar refractivity (Wildman–Crippen MR) is 106 cm³/mol. The Morgan fingerprint density at radius 3 is 2.50 bits per heavy atom. The van der Waals surface area contributed by atoms with Gasteiger partial charge in [-0.15, -0.1) is 0 Å². The zero-order valence-corrected chi connectivity index (χ0v) is 15.3. The molecule has 1 heterocycles. The lowest BCUT2D eigenvalue weighted by Gasteiger charge is -2.09. The second-order valence-electron chi connectivity index (χ2n) is 6.18. The van der Waals surface area contributed by atoms with E-state index < -0.39 is 0 Å². The van der Waals surface area contributed by atoms with Crippen molar-refractivity contribution in [3.63, 3.8) is 0 Å². The summed E-state index contributed by atoms with van der Waals surface area (Å²) in [5.41, 5.74) is 3.67. The molecule has 0 aliphatic heterocycles. The Morgan fingerprint density at radius 1 is 1.04 bits per heavy atom. The van der Waals surface area contributed by atoms with E-state index in [0.717, 1.165) is 11.1 Å². The van der Waals surface area contributed by atoms with Crippen LogP contribution in [0.2, 0.25) is 0 Å². The van der Waals surface area contributed by atoms with Gasteiger partial charge in [0.15, 0.2) is 0 Å². The lowest BCUT2D eigenvalue weighted by atomic mass is 10.1. The van der Waals surface area contributed by atoms with Crippen LogP contribution in [0, 0.1) is 18.3 Å². The zero-order chi connectivity index (χ0) is 19.9. The van der Waals surface area contributed by atoms with E-state index in [9.17, 15) is 9.59 Å². The van der Waals surface area contributed by atoms with Gasteiger partial charge < -0.3 is 10.6 Å². The van der Waals surface area contributed by atoms with Crippen LogP contribution in [0.3, 0.4) is 0 Å². The fourth-order valence-electron chi connectivity index (χ4n) is 2.60. The first kappa shape index (κ1) is 18.8. The number of hydrogen-bond donors (Lipinski definition) is 2. The van der Waals surface area contributed by atoms with Crippen molar-refractivity contribution in [3.05, 3.63) is 94.8 Å². The van der Waals surface area contributed by atoms with Crippen molar-refractivity contribution in [3.8, 4) is 6.07 Å². The number of hydrogen-bond acceptors (Lipinski definition) is 4. The average Bonchev–Trinajstić information content (AvgIpc) is 2.73. The maximum Gasteiger partial charge on any atom is 0.270 e. The molecule has 0 fully saturated rings. The Labute approximate surface area is 162 Å². The van der Waals surface area contributed by atoms with Crippen LogP contribution in [-0.4, -0.2) is 16.8 Å². The summed E-state index contributed by atoms with van der Waals surface area (Å²) >= 11 is 0. The summed E-state index contributed by atoms with van der Waals surface area (Å²) in [6.07, 6.45) is 1.43. The Morgan fingerprint density at radius 2 is 1.79 bits per heavy atom. The maximum atomic E-state index is 12.4. The molecule has 0 radical (unpaired) electrons. The second kappa shape index (κ2) is 8.60. The Kier molecular flexibility index (Phi) is 5.78. The van der Waals surface area contributed by atoms with Gasteiger partial charge in [-0.2, -0.15) is 5.26 Å². The van der Waals surface area contributed by atoms with E-state index in [-0.39, 0.29) is 17.5 Å². The number of pyridine rings is 1. The number of aryl methyl sites for hydroxylation is 1. The van der Waals surface area contributed by atoms with Gasteiger partial charge in [0, 0.05) is 24.0 Å². The number of nitrogens with zero attached hydrogens (tertiary/aromatic N) is 2. The second-order valence-corrected chi connectivity index (χ2v) is 6.18. The standard InChI is InChI=1S/C22H18N4O2/c1-15-4-2-3-5-18(15)14-25-22(28)20-12-17(10-11-24-20)21(27)26-19-8-6-16(13-23)7-9-19/h2-12H,14H2,1H3,(H,25,28)(H,26,27). The average molecular weight is 370 g/mol. The largest absolute Gasteiger partial charge is 0.347 e. The molecule has 6 nitrogen and oxygen atoms in total. The van der Waals surface area contributed by atoms with E-state index in [0.29, 0.717) is 23.4 Å². The van der Waals surface area contributed by atoms with E-state index in [1.807, 2.05) is 37.3 Å². The smallest absolute Gasteiger partial charge is 0.270 e. The van der Waals surface area contributed by atoms with Crippen LogP contribution in [0.1, 0.15) is 37.5 Å². The number of aromatic nitrogens is 1. The van der Waals surface area contributed by atoms with Crippen molar-refractivity contribution in [2.45, 2.75) is 13.5 Å². The first-order chi connectivity index (χ1) is 13.6. The minimum absolute atomic E-state index is 0.168. The Balaban J connectivity index is 1.67. The van der Waals surface area contributed by atoms with Gasteiger partial charge >= 0.3 is 0 Å². The fourth-order valence-corrected chi connectivity index (χ4v) is 2.60. The molecule has 1 aromatic heterocycles. The zero-order valence-electron chi connectivity index (χ0n) is 15.3. The van der Waals surface area contributed by atoms with Gasteiger partial charge in [-0.1, -0.05) is 24.3 Å². The van der Waals surface area contributed by atoms with Gasteiger partial charge in [0.2, 0.25) is 0 Å². The first-order valence-corrected chi connectivity index (χ1v) is 8.67. The molecule has 138 valence electrons. The van der Waals surface area contributed by atoms with E-state index in [2.05, 4.69) is 15.6 Å². The van der Waals surface area contributed by atoms with Crippen LogP contribution >= 0.6 is 0 Å². The third kappa shape index (κ3) is 4.59. The summed E-state index contributed by atoms with van der Waals surface area (Å²) in [6.45, 7) is 2.36. The summed E-state index contributed by atoms with van der Waals surface area (Å²) in [6, 6.07) is 19.3. The molecule has 0 aliphatic carbocycles. The molecule has 2 N–H and O–H groups in total. The highest BCUT2D eigenvalue weighted by Crippen LogP contribution is 2.12. The molecule has 2 aromatic carbocycles. The highest BCUT2D eigenvalue weighted by Gasteiger charge is 2.12. The molecule has 6 heteroatoms. The number of nitriles is 1. The van der Waals surface area contributed by atoms with E-state index in [1.165, 1.54) is 18.3 Å². The maximum absolute atomic E-state index is 12.4. The highest BCUT2D eigenvalue weighted by atomic mass is 16.2. The number of carbonyl (C=O) groups excluding carboxylic acids is 2. The predicted octanol–water partition coefficient (Wildman–Crippen LogP) is 3.44. The van der Waals surface area contributed by atoms with Gasteiger partial charge in [-0.3, -0.25) is 14.6 Å².